The molecule has 1 N–H and O–H groups in total. The first-order valence-electron chi connectivity index (χ1n) is 11.6. The van der Waals surface area contributed by atoms with Crippen LogP contribution in [0, 0.1) is 5.41 Å². The van der Waals surface area contributed by atoms with Crippen molar-refractivity contribution in [2.45, 2.75) is 124 Å². The van der Waals surface area contributed by atoms with Gasteiger partial charge in [-0.25, -0.2) is 0 Å². The highest BCUT2D eigenvalue weighted by Gasteiger charge is 2.28. The number of hydrogen-bond acceptors (Lipinski definition) is 2. The Bertz CT molecular complexity index is 589. The minimum absolute atomic E-state index is 0.0232. The zero-order valence-electron chi connectivity index (χ0n) is 18.6. The van der Waals surface area contributed by atoms with E-state index in [1.807, 2.05) is 13.0 Å². The van der Waals surface area contributed by atoms with Gasteiger partial charge < -0.3 is 0 Å². The summed E-state index contributed by atoms with van der Waals surface area (Å²) in [5, 5.41) is 0. The molecule has 0 saturated carbocycles. The van der Waals surface area contributed by atoms with Gasteiger partial charge in [0.2, 0.25) is 0 Å². The SMILES string of the molecule is CCCCCCCCCCCCCCCCC1(C)C=CC(S(=O)(=O)O)=C(C)C1. The molecule has 0 heterocycles. The summed E-state index contributed by atoms with van der Waals surface area (Å²) in [7, 11) is -4.08. The minimum Gasteiger partial charge on any atom is -0.282 e. The number of hydrogen-bond donors (Lipinski definition) is 1. The van der Waals surface area contributed by atoms with Crippen molar-refractivity contribution in [3.05, 3.63) is 22.6 Å². The molecule has 1 rings (SSSR count). The van der Waals surface area contributed by atoms with Crippen molar-refractivity contribution in [2.75, 3.05) is 0 Å². The van der Waals surface area contributed by atoms with E-state index < -0.39 is 10.1 Å². The Morgan fingerprint density at radius 2 is 1.29 bits per heavy atom. The molecule has 0 radical (unpaired) electrons. The van der Waals surface area contributed by atoms with Gasteiger partial charge in [0, 0.05) is 0 Å². The Labute approximate surface area is 174 Å². The maximum atomic E-state index is 11.4. The zero-order chi connectivity index (χ0) is 20.9. The first-order valence-corrected chi connectivity index (χ1v) is 13.1. The summed E-state index contributed by atoms with van der Waals surface area (Å²) < 4.78 is 32.0. The van der Waals surface area contributed by atoms with E-state index >= 15 is 0 Å². The largest absolute Gasteiger partial charge is 0.294 e. The lowest BCUT2D eigenvalue weighted by atomic mass is 9.76. The fourth-order valence-corrected chi connectivity index (χ4v) is 5.12. The van der Waals surface area contributed by atoms with Crippen molar-refractivity contribution in [1.82, 2.24) is 0 Å². The van der Waals surface area contributed by atoms with E-state index in [9.17, 15) is 13.0 Å². The van der Waals surface area contributed by atoms with Crippen molar-refractivity contribution < 1.29 is 13.0 Å². The second-order valence-corrected chi connectivity index (χ2v) is 10.5. The third-order valence-electron chi connectivity index (χ3n) is 6.11. The normalized spacial score (nSPS) is 20.1. The second kappa shape index (κ2) is 13.6. The van der Waals surface area contributed by atoms with E-state index in [4.69, 9.17) is 0 Å². The molecule has 4 heteroatoms. The van der Waals surface area contributed by atoms with Gasteiger partial charge in [-0.2, -0.15) is 8.42 Å². The molecule has 1 unspecified atom stereocenters. The average Bonchev–Trinajstić information content (AvgIpc) is 2.60. The summed E-state index contributed by atoms with van der Waals surface area (Å²) in [6.07, 6.45) is 24.5. The van der Waals surface area contributed by atoms with Crippen LogP contribution >= 0.6 is 0 Å². The van der Waals surface area contributed by atoms with E-state index in [-0.39, 0.29) is 10.3 Å². The minimum atomic E-state index is -4.08. The van der Waals surface area contributed by atoms with Crippen molar-refractivity contribution in [1.29, 1.82) is 0 Å². The van der Waals surface area contributed by atoms with Crippen LogP contribution in [0.25, 0.3) is 0 Å². The fourth-order valence-electron chi connectivity index (χ4n) is 4.37. The van der Waals surface area contributed by atoms with E-state index in [0.29, 0.717) is 0 Å². The molecule has 164 valence electrons. The van der Waals surface area contributed by atoms with Gasteiger partial charge in [0.1, 0.15) is 0 Å². The van der Waals surface area contributed by atoms with Crippen LogP contribution in [0.5, 0.6) is 0 Å². The van der Waals surface area contributed by atoms with Gasteiger partial charge in [-0.3, -0.25) is 4.55 Å². The number of allylic oxidation sites excluding steroid dienone is 3. The molecule has 1 aliphatic rings. The molecule has 0 bridgehead atoms. The maximum absolute atomic E-state index is 11.4. The van der Waals surface area contributed by atoms with Crippen molar-refractivity contribution in [2.24, 2.45) is 5.41 Å². The molecular weight excluding hydrogens is 368 g/mol. The Hall–Kier alpha value is -0.610. The molecule has 0 aliphatic heterocycles. The molecule has 3 nitrogen and oxygen atoms in total. The van der Waals surface area contributed by atoms with Crippen LogP contribution in [0.15, 0.2) is 22.6 Å². The average molecular weight is 413 g/mol. The molecule has 0 aromatic carbocycles. The lowest BCUT2D eigenvalue weighted by Crippen LogP contribution is -2.19. The second-order valence-electron chi connectivity index (χ2n) is 9.13. The smallest absolute Gasteiger partial charge is 0.282 e. The van der Waals surface area contributed by atoms with Gasteiger partial charge in [-0.15, -0.1) is 0 Å². The van der Waals surface area contributed by atoms with Crippen LogP contribution in [-0.4, -0.2) is 13.0 Å². The molecule has 1 aliphatic carbocycles. The molecule has 0 amide bonds. The number of rotatable bonds is 16. The molecule has 28 heavy (non-hydrogen) atoms. The van der Waals surface area contributed by atoms with Gasteiger partial charge in [-0.05, 0) is 31.3 Å². The standard InChI is InChI=1S/C24H44O3S/c1-4-5-6-7-8-9-10-11-12-13-14-15-16-17-19-24(3)20-18-23(22(2)21-24)28(25,26)27/h18,20H,4-17,19,21H2,1-3H3,(H,25,26,27). The highest BCUT2D eigenvalue weighted by Crippen LogP contribution is 2.39. The Morgan fingerprint density at radius 1 is 0.857 bits per heavy atom. The summed E-state index contributed by atoms with van der Waals surface area (Å²) >= 11 is 0. The molecule has 0 aromatic rings. The highest BCUT2D eigenvalue weighted by atomic mass is 32.2. The summed E-state index contributed by atoms with van der Waals surface area (Å²) in [5.74, 6) is 0. The van der Waals surface area contributed by atoms with Crippen molar-refractivity contribution in [3.8, 4) is 0 Å². The predicted molar refractivity (Wildman–Crippen MR) is 121 cm³/mol. The van der Waals surface area contributed by atoms with E-state index in [2.05, 4.69) is 13.8 Å². The van der Waals surface area contributed by atoms with Crippen molar-refractivity contribution >= 4 is 10.1 Å². The third-order valence-corrected chi connectivity index (χ3v) is 7.15. The highest BCUT2D eigenvalue weighted by molar-refractivity contribution is 7.90. The predicted octanol–water partition coefficient (Wildman–Crippen LogP) is 7.99. The molecule has 1 atom stereocenters. The van der Waals surface area contributed by atoms with Crippen LogP contribution in [-0.2, 0) is 10.1 Å². The first-order chi connectivity index (χ1) is 13.3. The molecule has 0 aromatic heterocycles. The van der Waals surface area contributed by atoms with Crippen LogP contribution in [0.1, 0.15) is 124 Å². The first kappa shape index (κ1) is 25.4. The lowest BCUT2D eigenvalue weighted by molar-refractivity contribution is 0.361. The summed E-state index contributed by atoms with van der Waals surface area (Å²) in [6.45, 7) is 6.28. The van der Waals surface area contributed by atoms with Crippen LogP contribution in [0.2, 0.25) is 0 Å². The Kier molecular flexibility index (Phi) is 12.3. The summed E-state index contributed by atoms with van der Waals surface area (Å²) in [4.78, 5) is 0.0888. The van der Waals surface area contributed by atoms with Crippen LogP contribution in [0.4, 0.5) is 0 Å². The third kappa shape index (κ3) is 10.8. The van der Waals surface area contributed by atoms with Gasteiger partial charge in [0.25, 0.3) is 10.1 Å². The van der Waals surface area contributed by atoms with Gasteiger partial charge in [0.05, 0.1) is 4.91 Å². The fraction of sp³-hybridized carbons (Fsp3) is 0.833. The van der Waals surface area contributed by atoms with Crippen molar-refractivity contribution in [3.63, 3.8) is 0 Å². The van der Waals surface area contributed by atoms with E-state index in [1.54, 1.807) is 6.08 Å². The Morgan fingerprint density at radius 3 is 1.68 bits per heavy atom. The van der Waals surface area contributed by atoms with Gasteiger partial charge in [-0.1, -0.05) is 115 Å². The topological polar surface area (TPSA) is 54.4 Å². The van der Waals surface area contributed by atoms with Crippen LogP contribution in [0.3, 0.4) is 0 Å². The van der Waals surface area contributed by atoms with Gasteiger partial charge in [0.15, 0.2) is 0 Å². The lowest BCUT2D eigenvalue weighted by Gasteiger charge is -2.30. The number of unbranched alkanes of at least 4 members (excludes halogenated alkanes) is 13. The van der Waals surface area contributed by atoms with E-state index in [1.165, 1.54) is 89.9 Å². The van der Waals surface area contributed by atoms with E-state index in [0.717, 1.165) is 18.4 Å². The molecule has 0 saturated heterocycles. The quantitative estimate of drug-likeness (QED) is 0.206. The molecular formula is C24H44O3S. The summed E-state index contributed by atoms with van der Waals surface area (Å²) in [6, 6.07) is 0. The summed E-state index contributed by atoms with van der Waals surface area (Å²) in [5.41, 5.74) is 0.799. The molecule has 0 spiro atoms. The zero-order valence-corrected chi connectivity index (χ0v) is 19.5. The monoisotopic (exact) mass is 412 g/mol. The maximum Gasteiger partial charge on any atom is 0.294 e. The van der Waals surface area contributed by atoms with Crippen LogP contribution < -0.4 is 0 Å². The molecule has 0 fully saturated rings. The van der Waals surface area contributed by atoms with Gasteiger partial charge >= 0.3 is 0 Å². The Balaban J connectivity index is 2.01.